The summed E-state index contributed by atoms with van der Waals surface area (Å²) in [6.07, 6.45) is 0. The minimum absolute atomic E-state index is 0. The summed E-state index contributed by atoms with van der Waals surface area (Å²) in [5, 5.41) is 0. The Hall–Kier alpha value is 0.449. The van der Waals surface area contributed by atoms with Crippen LogP contribution in [0.15, 0.2) is 0 Å². The second kappa shape index (κ2) is 4620. The third-order valence-electron chi connectivity index (χ3n) is 0. The zero-order chi connectivity index (χ0) is 0. The van der Waals surface area contributed by atoms with E-state index in [0.717, 1.165) is 0 Å². The standard InChI is InChI=1S/ClH.Fe.9H2O/h1H;;9*1H2. The number of hydrogen-bond donors (Lipinski definition) is 0. The van der Waals surface area contributed by atoms with Crippen LogP contribution in [0.3, 0.4) is 0 Å². The van der Waals surface area contributed by atoms with E-state index in [2.05, 4.69) is 0 Å². The van der Waals surface area contributed by atoms with Gasteiger partial charge in [-0.25, -0.2) is 0 Å². The van der Waals surface area contributed by atoms with Crippen molar-refractivity contribution >= 4 is 12.4 Å². The van der Waals surface area contributed by atoms with Gasteiger partial charge in [-0.15, -0.1) is 12.4 Å². The molecule has 11 heavy (non-hydrogen) atoms. The van der Waals surface area contributed by atoms with Crippen LogP contribution in [0.25, 0.3) is 0 Å². The molecule has 0 bridgehead atoms. The van der Waals surface area contributed by atoms with Crippen LogP contribution in [0, 0.1) is 0 Å². The summed E-state index contributed by atoms with van der Waals surface area (Å²) in [5.74, 6) is 0. The molecule has 18 N–H and O–H groups in total. The molecule has 11 heteroatoms. The molecule has 0 aromatic carbocycles. The summed E-state index contributed by atoms with van der Waals surface area (Å²) in [7, 11) is 0. The van der Waals surface area contributed by atoms with Crippen molar-refractivity contribution in [2.24, 2.45) is 0 Å². The summed E-state index contributed by atoms with van der Waals surface area (Å²) in [6.45, 7) is 0. The van der Waals surface area contributed by atoms with Gasteiger partial charge in [0.2, 0.25) is 0 Å². The molecule has 0 amide bonds. The molecule has 9 nitrogen and oxygen atoms in total. The van der Waals surface area contributed by atoms with Gasteiger partial charge in [0.25, 0.3) is 0 Å². The van der Waals surface area contributed by atoms with Gasteiger partial charge in [-0.1, -0.05) is 0 Å². The largest absolute Gasteiger partial charge is 0.412 e. The van der Waals surface area contributed by atoms with Crippen LogP contribution in [0.1, 0.15) is 0 Å². The van der Waals surface area contributed by atoms with E-state index in [0.29, 0.717) is 0 Å². The fourth-order valence-electron chi connectivity index (χ4n) is 0. The van der Waals surface area contributed by atoms with Crippen LogP contribution < -0.4 is 0 Å². The smallest absolute Gasteiger partial charge is 0 e. The van der Waals surface area contributed by atoms with E-state index in [9.17, 15) is 0 Å². The first-order valence-corrected chi connectivity index (χ1v) is 0. The van der Waals surface area contributed by atoms with E-state index in [4.69, 9.17) is 0 Å². The third kappa shape index (κ3) is 3690. The summed E-state index contributed by atoms with van der Waals surface area (Å²) < 4.78 is 0. The molecule has 0 rings (SSSR count). The number of rotatable bonds is 0. The Morgan fingerprint density at radius 1 is 0.273 bits per heavy atom. The van der Waals surface area contributed by atoms with Gasteiger partial charge in [0.15, 0.2) is 0 Å². The minimum Gasteiger partial charge on any atom is -0.412 e. The van der Waals surface area contributed by atoms with Gasteiger partial charge >= 0.3 is 0 Å². The fourth-order valence-corrected chi connectivity index (χ4v) is 0. The second-order valence-corrected chi connectivity index (χ2v) is 0. The average molecular weight is 254 g/mol. The van der Waals surface area contributed by atoms with Crippen molar-refractivity contribution in [3.63, 3.8) is 0 Å². The van der Waals surface area contributed by atoms with E-state index < -0.39 is 0 Å². The number of hydrogen-bond acceptors (Lipinski definition) is 0. The Morgan fingerprint density at radius 3 is 0.273 bits per heavy atom. The molecule has 0 unspecified atom stereocenters. The van der Waals surface area contributed by atoms with E-state index >= 15 is 0 Å². The van der Waals surface area contributed by atoms with Crippen LogP contribution in [-0.2, 0) is 17.1 Å². The molecular weight excluding hydrogens is 235 g/mol. The molecule has 0 saturated carbocycles. The van der Waals surface area contributed by atoms with Gasteiger partial charge in [-0.3, -0.25) is 0 Å². The second-order valence-electron chi connectivity index (χ2n) is 0. The first-order chi connectivity index (χ1) is 0. The van der Waals surface area contributed by atoms with Crippen LogP contribution in [0.5, 0.6) is 0 Å². The van der Waals surface area contributed by atoms with Gasteiger partial charge in [-0.2, -0.15) is 0 Å². The number of halogens is 1. The molecule has 0 aliphatic rings. The molecule has 0 heterocycles. The predicted octanol–water partition coefficient (Wildman–Crippen LogP) is -7.00. The molecule has 0 fully saturated rings. The van der Waals surface area contributed by atoms with E-state index in [1.54, 1.807) is 0 Å². The van der Waals surface area contributed by atoms with Gasteiger partial charge in [-0.05, 0) is 0 Å². The normalized spacial score (nSPS) is 0. The molecule has 0 aromatic rings. The molecule has 0 aliphatic heterocycles. The van der Waals surface area contributed by atoms with Crippen molar-refractivity contribution in [3.05, 3.63) is 0 Å². The Balaban J connectivity index is 0. The van der Waals surface area contributed by atoms with Gasteiger partial charge in [0.1, 0.15) is 0 Å². The minimum atomic E-state index is 0. The SMILES string of the molecule is Cl.O.O.O.O.O.O.O.O.O.[Fe]. The van der Waals surface area contributed by atoms with Crippen LogP contribution in [0.2, 0.25) is 0 Å². The van der Waals surface area contributed by atoms with E-state index in [1.165, 1.54) is 0 Å². The van der Waals surface area contributed by atoms with Crippen molar-refractivity contribution in [1.29, 1.82) is 0 Å². The van der Waals surface area contributed by atoms with Crippen molar-refractivity contribution in [3.8, 4) is 0 Å². The van der Waals surface area contributed by atoms with Crippen molar-refractivity contribution in [2.75, 3.05) is 0 Å². The molecule has 0 atom stereocenters. The van der Waals surface area contributed by atoms with Gasteiger partial charge in [0.05, 0.1) is 0 Å². The van der Waals surface area contributed by atoms with Crippen LogP contribution in [-0.4, -0.2) is 49.3 Å². The van der Waals surface area contributed by atoms with E-state index in [1.807, 2.05) is 0 Å². The van der Waals surface area contributed by atoms with Gasteiger partial charge < -0.3 is 49.3 Å². The Labute approximate surface area is 79.4 Å². The van der Waals surface area contributed by atoms with E-state index in [-0.39, 0.29) is 78.8 Å². The predicted molar refractivity (Wildman–Crippen MR) is 39.8 cm³/mol. The van der Waals surface area contributed by atoms with Crippen molar-refractivity contribution in [2.45, 2.75) is 0 Å². The third-order valence-corrected chi connectivity index (χ3v) is 0. The Kier molecular flexibility index (Phi) is 2600000. The summed E-state index contributed by atoms with van der Waals surface area (Å²) in [5.41, 5.74) is 0. The summed E-state index contributed by atoms with van der Waals surface area (Å²) in [6, 6.07) is 0. The first-order valence-electron chi connectivity index (χ1n) is 0. The maximum Gasteiger partial charge on any atom is 0 e. The maximum atomic E-state index is 0. The summed E-state index contributed by atoms with van der Waals surface area (Å²) >= 11 is 0. The topological polar surface area (TPSA) is 284 Å². The quantitative estimate of drug-likeness (QED) is 0.364. The molecule has 0 radical (unpaired) electrons. The van der Waals surface area contributed by atoms with Crippen molar-refractivity contribution < 1.29 is 66.4 Å². The summed E-state index contributed by atoms with van der Waals surface area (Å²) in [4.78, 5) is 0. The molecular formula is H19ClFeO9. The fraction of sp³-hybridized carbons (Fsp3) is 0. The van der Waals surface area contributed by atoms with Crippen molar-refractivity contribution in [1.82, 2.24) is 0 Å². The Morgan fingerprint density at radius 2 is 0.273 bits per heavy atom. The molecule has 0 aliphatic carbocycles. The zero-order valence-electron chi connectivity index (χ0n) is 5.26. The van der Waals surface area contributed by atoms with Crippen LogP contribution >= 0.6 is 12.4 Å². The molecule has 0 saturated heterocycles. The average Bonchev–Trinajstić information content (AvgIpc) is 0. The molecule has 0 spiro atoms. The van der Waals surface area contributed by atoms with Crippen LogP contribution in [0.4, 0.5) is 0 Å². The van der Waals surface area contributed by atoms with Gasteiger partial charge in [0, 0.05) is 17.1 Å². The molecule has 0 aromatic heterocycles. The maximum absolute atomic E-state index is 0. The zero-order valence-corrected chi connectivity index (χ0v) is 7.18. The Bertz CT molecular complexity index is 9.52. The first kappa shape index (κ1) is 6190. The molecule has 88 valence electrons. The monoisotopic (exact) mass is 254 g/mol.